The van der Waals surface area contributed by atoms with E-state index in [-0.39, 0.29) is 6.61 Å². The van der Waals surface area contributed by atoms with Crippen molar-refractivity contribution in [2.45, 2.75) is 6.61 Å². The van der Waals surface area contributed by atoms with Crippen LogP contribution < -0.4 is 4.74 Å². The number of halogens is 1. The van der Waals surface area contributed by atoms with Crippen molar-refractivity contribution in [3.8, 4) is 5.88 Å². The predicted molar refractivity (Wildman–Crippen MR) is 63.2 cm³/mol. The van der Waals surface area contributed by atoms with Crippen LogP contribution in [0.15, 0.2) is 35.3 Å². The van der Waals surface area contributed by atoms with Crippen molar-refractivity contribution in [1.29, 1.82) is 0 Å². The van der Waals surface area contributed by atoms with Gasteiger partial charge in [-0.2, -0.15) is 0 Å². The van der Waals surface area contributed by atoms with E-state index in [2.05, 4.69) is 19.9 Å². The van der Waals surface area contributed by atoms with Crippen molar-refractivity contribution in [2.24, 2.45) is 0 Å². The van der Waals surface area contributed by atoms with Crippen LogP contribution in [0.2, 0.25) is 5.15 Å². The molecule has 0 spiro atoms. The summed E-state index contributed by atoms with van der Waals surface area (Å²) in [7, 11) is 0. The Labute approximate surface area is 107 Å². The molecule has 0 saturated carbocycles. The van der Waals surface area contributed by atoms with Gasteiger partial charge in [-0.05, 0) is 6.07 Å². The molecule has 3 aromatic heterocycles. The third-order valence-electron chi connectivity index (χ3n) is 2.22. The zero-order valence-corrected chi connectivity index (χ0v) is 9.83. The summed E-state index contributed by atoms with van der Waals surface area (Å²) in [5, 5.41) is 0.319. The summed E-state index contributed by atoms with van der Waals surface area (Å²) < 4.78 is 10.5. The van der Waals surface area contributed by atoms with Gasteiger partial charge in [0.2, 0.25) is 11.8 Å². The number of pyridine rings is 1. The molecule has 3 heterocycles. The van der Waals surface area contributed by atoms with Gasteiger partial charge in [0.05, 0.1) is 17.9 Å². The fourth-order valence-corrected chi connectivity index (χ4v) is 1.63. The number of nitrogens with zero attached hydrogens (tertiary/aromatic N) is 4. The van der Waals surface area contributed by atoms with Gasteiger partial charge in [0.25, 0.3) is 0 Å². The number of rotatable bonds is 3. The summed E-state index contributed by atoms with van der Waals surface area (Å²) in [4.78, 5) is 16.3. The average Bonchev–Trinajstić information content (AvgIpc) is 2.90. The molecule has 90 valence electrons. The van der Waals surface area contributed by atoms with Crippen molar-refractivity contribution < 1.29 is 9.15 Å². The molecule has 0 aliphatic heterocycles. The Morgan fingerprint density at radius 2 is 2.17 bits per heavy atom. The molecule has 0 N–H and O–H groups in total. The fourth-order valence-electron chi connectivity index (χ4n) is 1.43. The minimum Gasteiger partial charge on any atom is -0.467 e. The first-order chi connectivity index (χ1) is 8.83. The number of hydrogen-bond donors (Lipinski definition) is 0. The largest absolute Gasteiger partial charge is 0.467 e. The molecule has 6 nitrogen and oxygen atoms in total. The molecule has 0 amide bonds. The highest BCUT2D eigenvalue weighted by Gasteiger charge is 2.06. The maximum atomic E-state index is 5.89. The van der Waals surface area contributed by atoms with Gasteiger partial charge in [-0.25, -0.2) is 19.9 Å². The second-order valence-electron chi connectivity index (χ2n) is 3.39. The van der Waals surface area contributed by atoms with E-state index in [4.69, 9.17) is 20.8 Å². The monoisotopic (exact) mass is 262 g/mol. The first-order valence-electron chi connectivity index (χ1n) is 5.11. The highest BCUT2D eigenvalue weighted by Crippen LogP contribution is 2.19. The first-order valence-corrected chi connectivity index (χ1v) is 5.49. The van der Waals surface area contributed by atoms with Gasteiger partial charge in [0.1, 0.15) is 11.8 Å². The quantitative estimate of drug-likeness (QED) is 0.674. The molecule has 0 unspecified atom stereocenters. The molecule has 7 heteroatoms. The molecule has 0 saturated heterocycles. The first kappa shape index (κ1) is 10.9. The predicted octanol–water partition coefficient (Wildman–Crippen LogP) is 2.25. The van der Waals surface area contributed by atoms with Crippen LogP contribution in [0.4, 0.5) is 0 Å². The smallest absolute Gasteiger partial charge is 0.233 e. The fraction of sp³-hybridized carbons (Fsp3) is 0.0909. The average molecular weight is 263 g/mol. The maximum Gasteiger partial charge on any atom is 0.233 e. The Hall–Kier alpha value is -2.21. The van der Waals surface area contributed by atoms with Gasteiger partial charge < -0.3 is 9.15 Å². The van der Waals surface area contributed by atoms with E-state index in [1.54, 1.807) is 18.5 Å². The Morgan fingerprint density at radius 1 is 1.22 bits per heavy atom. The van der Waals surface area contributed by atoms with Gasteiger partial charge >= 0.3 is 0 Å². The van der Waals surface area contributed by atoms with Crippen molar-refractivity contribution >= 4 is 22.6 Å². The zero-order chi connectivity index (χ0) is 12.4. The zero-order valence-electron chi connectivity index (χ0n) is 9.08. The van der Waals surface area contributed by atoms with Gasteiger partial charge in [0.15, 0.2) is 11.8 Å². The molecule has 0 aliphatic carbocycles. The number of aromatic nitrogens is 4. The number of hydrogen-bond acceptors (Lipinski definition) is 6. The Kier molecular flexibility index (Phi) is 2.77. The van der Waals surface area contributed by atoms with Gasteiger partial charge in [-0.1, -0.05) is 11.6 Å². The van der Waals surface area contributed by atoms with Crippen molar-refractivity contribution in [3.63, 3.8) is 0 Å². The summed E-state index contributed by atoms with van der Waals surface area (Å²) in [6.07, 6.45) is 6.09. The molecule has 3 aromatic rings. The van der Waals surface area contributed by atoms with E-state index in [9.17, 15) is 0 Å². The molecular weight excluding hydrogens is 256 g/mol. The third-order valence-corrected chi connectivity index (χ3v) is 2.50. The normalized spacial score (nSPS) is 10.7. The molecule has 3 rings (SSSR count). The van der Waals surface area contributed by atoms with E-state index < -0.39 is 0 Å². The molecule has 0 aromatic carbocycles. The molecule has 0 bridgehead atoms. The summed E-state index contributed by atoms with van der Waals surface area (Å²) in [6, 6.07) is 1.71. The van der Waals surface area contributed by atoms with E-state index in [1.807, 2.05) is 0 Å². The van der Waals surface area contributed by atoms with Crippen LogP contribution >= 0.6 is 11.6 Å². The Morgan fingerprint density at radius 3 is 3.00 bits per heavy atom. The summed E-state index contributed by atoms with van der Waals surface area (Å²) in [6.45, 7) is 0.200. The van der Waals surface area contributed by atoms with Gasteiger partial charge in [-0.3, -0.25) is 0 Å². The maximum absolute atomic E-state index is 5.89. The Balaban J connectivity index is 1.85. The summed E-state index contributed by atoms with van der Waals surface area (Å²) in [5.74, 6) is 0.854. The van der Waals surface area contributed by atoms with E-state index in [0.29, 0.717) is 28.0 Å². The van der Waals surface area contributed by atoms with E-state index >= 15 is 0 Å². The number of ether oxygens (including phenoxy) is 1. The highest BCUT2D eigenvalue weighted by molar-refractivity contribution is 6.33. The van der Waals surface area contributed by atoms with E-state index in [0.717, 1.165) is 0 Å². The van der Waals surface area contributed by atoms with Crippen molar-refractivity contribution in [2.75, 3.05) is 0 Å². The topological polar surface area (TPSA) is 73.9 Å². The molecular formula is C11H7ClN4O2. The SMILES string of the molecule is Clc1nccc2nc(OCc3ncco3)cnc12. The number of fused-ring (bicyclic) bond motifs is 1. The van der Waals surface area contributed by atoms with Crippen LogP contribution in [0.1, 0.15) is 5.89 Å². The van der Waals surface area contributed by atoms with Gasteiger partial charge in [-0.15, -0.1) is 0 Å². The Bertz CT molecular complexity index is 672. The van der Waals surface area contributed by atoms with Gasteiger partial charge in [0, 0.05) is 6.20 Å². The van der Waals surface area contributed by atoms with Crippen LogP contribution in [-0.2, 0) is 6.61 Å². The van der Waals surface area contributed by atoms with Crippen molar-refractivity contribution in [3.05, 3.63) is 42.0 Å². The minimum atomic E-state index is 0.200. The van der Waals surface area contributed by atoms with Crippen molar-refractivity contribution in [1.82, 2.24) is 19.9 Å². The molecule has 0 aliphatic rings. The lowest BCUT2D eigenvalue weighted by Gasteiger charge is -2.03. The molecule has 18 heavy (non-hydrogen) atoms. The lowest BCUT2D eigenvalue weighted by molar-refractivity contribution is 0.253. The summed E-state index contributed by atoms with van der Waals surface area (Å²) >= 11 is 5.89. The van der Waals surface area contributed by atoms with Crippen LogP contribution in [0, 0.1) is 0 Å². The second kappa shape index (κ2) is 4.58. The standard InChI is InChI=1S/C11H7ClN4O2/c12-11-10-7(1-2-14-11)16-8(5-15-10)18-6-9-13-3-4-17-9/h1-5H,6H2. The highest BCUT2D eigenvalue weighted by atomic mass is 35.5. The second-order valence-corrected chi connectivity index (χ2v) is 3.75. The molecule has 0 radical (unpaired) electrons. The third kappa shape index (κ3) is 2.10. The molecule has 0 fully saturated rings. The number of oxazole rings is 1. The van der Waals surface area contributed by atoms with Crippen LogP contribution in [0.25, 0.3) is 11.0 Å². The van der Waals surface area contributed by atoms with Crippen LogP contribution in [0.5, 0.6) is 5.88 Å². The minimum absolute atomic E-state index is 0.200. The van der Waals surface area contributed by atoms with Crippen LogP contribution in [0.3, 0.4) is 0 Å². The lowest BCUT2D eigenvalue weighted by Crippen LogP contribution is -1.98. The van der Waals surface area contributed by atoms with E-state index in [1.165, 1.54) is 12.5 Å². The molecule has 0 atom stereocenters. The lowest BCUT2D eigenvalue weighted by atomic mass is 10.4. The summed E-state index contributed by atoms with van der Waals surface area (Å²) in [5.41, 5.74) is 1.17. The van der Waals surface area contributed by atoms with Crippen LogP contribution in [-0.4, -0.2) is 19.9 Å².